The van der Waals surface area contributed by atoms with Crippen LogP contribution in [0, 0.1) is 6.92 Å². The summed E-state index contributed by atoms with van der Waals surface area (Å²) in [5.41, 5.74) is 3.04. The highest BCUT2D eigenvalue weighted by atomic mass is 35.5. The number of nitrogens with zero attached hydrogens (tertiary/aromatic N) is 5. The van der Waals surface area contributed by atoms with Crippen molar-refractivity contribution in [1.82, 2.24) is 19.7 Å². The molecule has 3 aromatic rings. The lowest BCUT2D eigenvalue weighted by Gasteiger charge is -2.36. The molecule has 0 radical (unpaired) electrons. The molecule has 3 aromatic heterocycles. The van der Waals surface area contributed by atoms with E-state index in [9.17, 15) is 4.79 Å². The molecule has 4 heterocycles. The minimum Gasteiger partial charge on any atom is -0.462 e. The maximum atomic E-state index is 12.6. The number of carbonyl (C=O) groups excluding carboxylic acids is 1. The maximum absolute atomic E-state index is 12.6. The second-order valence-corrected chi connectivity index (χ2v) is 8.92. The molecule has 0 unspecified atom stereocenters. The Labute approximate surface area is 178 Å². The van der Waals surface area contributed by atoms with Crippen LogP contribution in [0.1, 0.15) is 27.9 Å². The number of ether oxygens (including phenoxy) is 1. The van der Waals surface area contributed by atoms with Crippen molar-refractivity contribution in [3.8, 4) is 0 Å². The fourth-order valence-electron chi connectivity index (χ4n) is 3.87. The number of rotatable bonds is 5. The number of hydrogen-bond acceptors (Lipinski definition) is 7. The van der Waals surface area contributed by atoms with Crippen LogP contribution >= 0.6 is 22.9 Å². The monoisotopic (exact) mass is 433 g/mol. The van der Waals surface area contributed by atoms with E-state index < -0.39 is 0 Å². The molecule has 0 saturated carbocycles. The van der Waals surface area contributed by atoms with Crippen molar-refractivity contribution in [1.29, 1.82) is 0 Å². The lowest BCUT2D eigenvalue weighted by molar-refractivity contribution is 0.0526. The Morgan fingerprint density at radius 2 is 2.03 bits per heavy atom. The first kappa shape index (κ1) is 20.1. The van der Waals surface area contributed by atoms with Gasteiger partial charge in [0.05, 0.1) is 27.7 Å². The number of esters is 1. The van der Waals surface area contributed by atoms with Crippen LogP contribution in [-0.2, 0) is 18.3 Å². The van der Waals surface area contributed by atoms with Gasteiger partial charge >= 0.3 is 5.97 Å². The van der Waals surface area contributed by atoms with Crippen LogP contribution in [-0.4, -0.2) is 58.4 Å². The second kappa shape index (κ2) is 8.30. The number of halogens is 1. The van der Waals surface area contributed by atoms with Crippen LogP contribution in [0.25, 0.3) is 11.0 Å². The minimum atomic E-state index is -0.337. The highest BCUT2D eigenvalue weighted by Gasteiger charge is 2.27. The lowest BCUT2D eigenvalue weighted by atomic mass is 10.1. The molecule has 0 atom stereocenters. The molecule has 7 nitrogen and oxygen atoms in total. The predicted molar refractivity (Wildman–Crippen MR) is 116 cm³/mol. The first-order valence-electron chi connectivity index (χ1n) is 9.69. The Morgan fingerprint density at radius 3 is 2.69 bits per heavy atom. The van der Waals surface area contributed by atoms with Crippen LogP contribution in [0.3, 0.4) is 0 Å². The third kappa shape index (κ3) is 3.97. The highest BCUT2D eigenvalue weighted by Crippen LogP contribution is 2.33. The quantitative estimate of drug-likeness (QED) is 0.574. The normalized spacial score (nSPS) is 15.2. The Bertz CT molecular complexity index is 1040. The van der Waals surface area contributed by atoms with Gasteiger partial charge in [-0.25, -0.2) is 9.78 Å². The summed E-state index contributed by atoms with van der Waals surface area (Å²) < 4.78 is 7.89. The lowest BCUT2D eigenvalue weighted by Crippen LogP contribution is -2.46. The van der Waals surface area contributed by atoms with Crippen molar-refractivity contribution in [3.63, 3.8) is 0 Å². The largest absolute Gasteiger partial charge is 0.462 e. The average molecular weight is 434 g/mol. The molecule has 154 valence electrons. The predicted octanol–water partition coefficient (Wildman–Crippen LogP) is 3.49. The van der Waals surface area contributed by atoms with E-state index >= 15 is 0 Å². The third-order valence-electron chi connectivity index (χ3n) is 5.19. The summed E-state index contributed by atoms with van der Waals surface area (Å²) in [7, 11) is 1.88. The fraction of sp³-hybridized carbons (Fsp3) is 0.450. The number of anilines is 1. The number of aryl methyl sites for hydroxylation is 2. The molecule has 0 bridgehead atoms. The van der Waals surface area contributed by atoms with E-state index in [1.54, 1.807) is 22.2 Å². The number of aromatic nitrogens is 3. The van der Waals surface area contributed by atoms with Crippen molar-refractivity contribution >= 4 is 45.6 Å². The van der Waals surface area contributed by atoms with Gasteiger partial charge in [0.15, 0.2) is 5.65 Å². The van der Waals surface area contributed by atoms with E-state index in [4.69, 9.17) is 16.3 Å². The first-order chi connectivity index (χ1) is 14.0. The molecular weight excluding hydrogens is 410 g/mol. The third-order valence-corrected chi connectivity index (χ3v) is 6.41. The first-order valence-corrected chi connectivity index (χ1v) is 10.9. The zero-order valence-electron chi connectivity index (χ0n) is 16.8. The SMILES string of the molecule is CCOC(=O)c1cnc2c(c(C)nn2C)c1N1CCN(Cc2ccc(Cl)s2)CC1. The van der Waals surface area contributed by atoms with Gasteiger partial charge in [-0.15, -0.1) is 11.3 Å². The molecule has 4 rings (SSSR count). The number of fused-ring (bicyclic) bond motifs is 1. The van der Waals surface area contributed by atoms with Crippen molar-refractivity contribution in [2.24, 2.45) is 7.05 Å². The van der Waals surface area contributed by atoms with Crippen LogP contribution in [0.15, 0.2) is 18.3 Å². The number of piperazine rings is 1. The van der Waals surface area contributed by atoms with E-state index in [0.29, 0.717) is 12.2 Å². The molecule has 0 amide bonds. The zero-order chi connectivity index (χ0) is 20.5. The molecule has 0 aromatic carbocycles. The Balaban J connectivity index is 1.62. The standard InChI is InChI=1S/C20H24ClN5O2S/c1-4-28-20(27)15-11-22-19-17(13(2)23-24(19)3)18(15)26-9-7-25(8-10-26)12-14-5-6-16(21)29-14/h5-6,11H,4,7-10,12H2,1-3H3. The van der Waals surface area contributed by atoms with Crippen LogP contribution in [0.4, 0.5) is 5.69 Å². The molecule has 1 aliphatic rings. The number of pyridine rings is 1. The summed E-state index contributed by atoms with van der Waals surface area (Å²) in [6.07, 6.45) is 1.62. The van der Waals surface area contributed by atoms with Gasteiger partial charge in [0.1, 0.15) is 5.56 Å². The molecule has 0 N–H and O–H groups in total. The molecule has 1 aliphatic heterocycles. The second-order valence-electron chi connectivity index (χ2n) is 7.12. The summed E-state index contributed by atoms with van der Waals surface area (Å²) >= 11 is 7.69. The fourth-order valence-corrected chi connectivity index (χ4v) is 5.00. The van der Waals surface area contributed by atoms with Gasteiger partial charge in [-0.1, -0.05) is 11.6 Å². The van der Waals surface area contributed by atoms with Crippen LogP contribution < -0.4 is 4.90 Å². The van der Waals surface area contributed by atoms with Gasteiger partial charge in [-0.3, -0.25) is 9.58 Å². The van der Waals surface area contributed by atoms with Crippen molar-refractivity contribution in [3.05, 3.63) is 38.8 Å². The number of carbonyl (C=O) groups is 1. The molecule has 0 spiro atoms. The molecule has 9 heteroatoms. The number of thiophene rings is 1. The molecule has 0 aliphatic carbocycles. The van der Waals surface area contributed by atoms with Crippen molar-refractivity contribution < 1.29 is 9.53 Å². The smallest absolute Gasteiger partial charge is 0.341 e. The maximum Gasteiger partial charge on any atom is 0.341 e. The molecular formula is C20H24ClN5O2S. The molecule has 29 heavy (non-hydrogen) atoms. The summed E-state index contributed by atoms with van der Waals surface area (Å²) in [5, 5.41) is 5.45. The summed E-state index contributed by atoms with van der Waals surface area (Å²) in [5.74, 6) is -0.337. The van der Waals surface area contributed by atoms with Crippen molar-refractivity contribution in [2.45, 2.75) is 20.4 Å². The van der Waals surface area contributed by atoms with E-state index in [2.05, 4.69) is 25.9 Å². The summed E-state index contributed by atoms with van der Waals surface area (Å²) in [6.45, 7) is 8.44. The van der Waals surface area contributed by atoms with Gasteiger partial charge in [-0.2, -0.15) is 5.10 Å². The van der Waals surface area contributed by atoms with Gasteiger partial charge < -0.3 is 9.64 Å². The van der Waals surface area contributed by atoms with Gasteiger partial charge in [0.25, 0.3) is 0 Å². The van der Waals surface area contributed by atoms with Gasteiger partial charge in [-0.05, 0) is 26.0 Å². The Kier molecular flexibility index (Phi) is 5.76. The van der Waals surface area contributed by atoms with E-state index in [1.807, 2.05) is 27.0 Å². The molecule has 1 fully saturated rings. The Morgan fingerprint density at radius 1 is 1.28 bits per heavy atom. The van der Waals surface area contributed by atoms with E-state index in [1.165, 1.54) is 4.88 Å². The van der Waals surface area contributed by atoms with Gasteiger partial charge in [0, 0.05) is 50.8 Å². The average Bonchev–Trinajstić information content (AvgIpc) is 3.24. The summed E-state index contributed by atoms with van der Waals surface area (Å²) in [4.78, 5) is 23.1. The van der Waals surface area contributed by atoms with Crippen LogP contribution in [0.2, 0.25) is 4.34 Å². The molecule has 1 saturated heterocycles. The Hall–Kier alpha value is -2.16. The van der Waals surface area contributed by atoms with Crippen LogP contribution in [0.5, 0.6) is 0 Å². The zero-order valence-corrected chi connectivity index (χ0v) is 18.4. The van der Waals surface area contributed by atoms with Crippen molar-refractivity contribution in [2.75, 3.05) is 37.7 Å². The highest BCUT2D eigenvalue weighted by molar-refractivity contribution is 7.16. The van der Waals surface area contributed by atoms with Gasteiger partial charge in [0.2, 0.25) is 0 Å². The number of hydrogen-bond donors (Lipinski definition) is 0. The minimum absolute atomic E-state index is 0.333. The van der Waals surface area contributed by atoms with E-state index in [-0.39, 0.29) is 5.97 Å². The topological polar surface area (TPSA) is 63.5 Å². The summed E-state index contributed by atoms with van der Waals surface area (Å²) in [6, 6.07) is 4.03. The van der Waals surface area contributed by atoms with E-state index in [0.717, 1.165) is 59.5 Å².